The van der Waals surface area contributed by atoms with Gasteiger partial charge in [-0.2, -0.15) is 23.4 Å². The predicted octanol–water partition coefficient (Wildman–Crippen LogP) is 3.14. The number of benzene rings is 1. The van der Waals surface area contributed by atoms with Gasteiger partial charge in [0.2, 0.25) is 5.89 Å². The molecule has 0 aliphatic heterocycles. The highest BCUT2D eigenvalue weighted by Gasteiger charge is 2.30. The third kappa shape index (κ3) is 3.57. The molecule has 0 radical (unpaired) electrons. The summed E-state index contributed by atoms with van der Waals surface area (Å²) in [6.07, 6.45) is -3.62. The highest BCUT2D eigenvalue weighted by molar-refractivity contribution is 5.27. The Hall–Kier alpha value is -2.36. The van der Waals surface area contributed by atoms with Gasteiger partial charge in [0, 0.05) is 19.3 Å². The standard InChI is InChI=1S/C13H10F3N3O/c14-13(15,16)10-4-1-3-9(7-10)8-11-18-12(20-19-11)5-2-6-17/h1,3-4,7H,2,5,8H2. The van der Waals surface area contributed by atoms with Gasteiger partial charge in [0.1, 0.15) is 0 Å². The van der Waals surface area contributed by atoms with E-state index in [1.54, 1.807) is 6.07 Å². The van der Waals surface area contributed by atoms with Crippen molar-refractivity contribution in [3.05, 3.63) is 47.1 Å². The minimum atomic E-state index is -4.37. The Bertz CT molecular complexity index is 628. The van der Waals surface area contributed by atoms with Crippen LogP contribution in [0.4, 0.5) is 13.2 Å². The van der Waals surface area contributed by atoms with Crippen LogP contribution < -0.4 is 0 Å². The van der Waals surface area contributed by atoms with Crippen LogP contribution in [0.25, 0.3) is 0 Å². The van der Waals surface area contributed by atoms with Gasteiger partial charge in [-0.1, -0.05) is 23.4 Å². The van der Waals surface area contributed by atoms with Gasteiger partial charge in [-0.25, -0.2) is 0 Å². The Labute approximate surface area is 112 Å². The molecule has 0 aliphatic rings. The van der Waals surface area contributed by atoms with Crippen molar-refractivity contribution in [3.63, 3.8) is 0 Å². The Morgan fingerprint density at radius 2 is 2.10 bits per heavy atom. The summed E-state index contributed by atoms with van der Waals surface area (Å²) < 4.78 is 42.6. The first-order chi connectivity index (χ1) is 9.49. The van der Waals surface area contributed by atoms with Crippen molar-refractivity contribution in [1.82, 2.24) is 10.1 Å². The van der Waals surface area contributed by atoms with E-state index in [2.05, 4.69) is 10.1 Å². The van der Waals surface area contributed by atoms with Gasteiger partial charge in [0.05, 0.1) is 11.6 Å². The molecule has 0 amide bonds. The number of rotatable bonds is 4. The molecule has 7 heteroatoms. The molecule has 0 N–H and O–H groups in total. The number of nitriles is 1. The van der Waals surface area contributed by atoms with E-state index in [4.69, 9.17) is 9.78 Å². The number of nitrogens with zero attached hydrogens (tertiary/aromatic N) is 3. The van der Waals surface area contributed by atoms with Gasteiger partial charge in [-0.15, -0.1) is 0 Å². The summed E-state index contributed by atoms with van der Waals surface area (Å²) >= 11 is 0. The van der Waals surface area contributed by atoms with Crippen LogP contribution in [0.15, 0.2) is 28.8 Å². The van der Waals surface area contributed by atoms with Crippen molar-refractivity contribution in [2.75, 3.05) is 0 Å². The van der Waals surface area contributed by atoms with Crippen LogP contribution in [0.2, 0.25) is 0 Å². The van der Waals surface area contributed by atoms with Crippen LogP contribution in [-0.4, -0.2) is 10.1 Å². The minimum absolute atomic E-state index is 0.153. The lowest BCUT2D eigenvalue weighted by atomic mass is 10.1. The van der Waals surface area contributed by atoms with Crippen molar-refractivity contribution < 1.29 is 17.7 Å². The van der Waals surface area contributed by atoms with E-state index in [0.29, 0.717) is 23.7 Å². The third-order valence-electron chi connectivity index (χ3n) is 2.58. The second-order valence-electron chi connectivity index (χ2n) is 4.14. The fourth-order valence-electron chi connectivity index (χ4n) is 1.67. The zero-order valence-corrected chi connectivity index (χ0v) is 10.3. The molecule has 1 aromatic carbocycles. The highest BCUT2D eigenvalue weighted by Crippen LogP contribution is 2.29. The molecule has 2 aromatic rings. The summed E-state index contributed by atoms with van der Waals surface area (Å²) in [5.41, 5.74) is -0.254. The Balaban J connectivity index is 2.10. The van der Waals surface area contributed by atoms with E-state index < -0.39 is 11.7 Å². The van der Waals surface area contributed by atoms with Gasteiger partial charge in [0.15, 0.2) is 5.82 Å². The molecule has 2 rings (SSSR count). The molecule has 104 valence electrons. The monoisotopic (exact) mass is 281 g/mol. The lowest BCUT2D eigenvalue weighted by molar-refractivity contribution is -0.137. The second kappa shape index (κ2) is 5.74. The summed E-state index contributed by atoms with van der Waals surface area (Å²) in [5, 5.41) is 12.1. The fourth-order valence-corrected chi connectivity index (χ4v) is 1.67. The van der Waals surface area contributed by atoms with Crippen molar-refractivity contribution >= 4 is 0 Å². The number of hydrogen-bond acceptors (Lipinski definition) is 4. The maximum Gasteiger partial charge on any atom is 0.416 e. The highest BCUT2D eigenvalue weighted by atomic mass is 19.4. The van der Waals surface area contributed by atoms with E-state index in [1.807, 2.05) is 6.07 Å². The molecule has 0 spiro atoms. The van der Waals surface area contributed by atoms with E-state index in [0.717, 1.165) is 12.1 Å². The van der Waals surface area contributed by atoms with Gasteiger partial charge >= 0.3 is 6.18 Å². The molecule has 0 bridgehead atoms. The number of alkyl halides is 3. The molecule has 0 aliphatic carbocycles. The topological polar surface area (TPSA) is 62.7 Å². The van der Waals surface area contributed by atoms with E-state index in [9.17, 15) is 13.2 Å². The SMILES string of the molecule is N#CCCc1nc(Cc2cccc(C(F)(F)F)c2)no1. The zero-order valence-electron chi connectivity index (χ0n) is 10.3. The third-order valence-corrected chi connectivity index (χ3v) is 2.58. The summed E-state index contributed by atoms with van der Waals surface area (Å²) in [4.78, 5) is 4.02. The van der Waals surface area contributed by atoms with Crippen LogP contribution in [0, 0.1) is 11.3 Å². The van der Waals surface area contributed by atoms with Crippen LogP contribution in [0.3, 0.4) is 0 Å². The molecular formula is C13H10F3N3O. The molecule has 1 heterocycles. The maximum atomic E-state index is 12.6. The second-order valence-corrected chi connectivity index (χ2v) is 4.14. The summed E-state index contributed by atoms with van der Waals surface area (Å²) in [7, 11) is 0. The van der Waals surface area contributed by atoms with Crippen molar-refractivity contribution in [2.24, 2.45) is 0 Å². The van der Waals surface area contributed by atoms with Crippen molar-refractivity contribution in [1.29, 1.82) is 5.26 Å². The van der Waals surface area contributed by atoms with Gasteiger partial charge < -0.3 is 4.52 Å². The van der Waals surface area contributed by atoms with E-state index in [-0.39, 0.29) is 12.8 Å². The average molecular weight is 281 g/mol. The number of hydrogen-bond donors (Lipinski definition) is 0. The maximum absolute atomic E-state index is 12.6. The first kappa shape index (κ1) is 14.1. The molecule has 0 saturated carbocycles. The van der Waals surface area contributed by atoms with Crippen LogP contribution in [-0.2, 0) is 19.0 Å². The summed E-state index contributed by atoms with van der Waals surface area (Å²) in [6, 6.07) is 6.93. The van der Waals surface area contributed by atoms with Gasteiger partial charge in [-0.3, -0.25) is 0 Å². The number of aromatic nitrogens is 2. The molecule has 0 unspecified atom stereocenters. The normalized spacial score (nSPS) is 11.3. The summed E-state index contributed by atoms with van der Waals surface area (Å²) in [5.74, 6) is 0.616. The van der Waals surface area contributed by atoms with Gasteiger partial charge in [-0.05, 0) is 11.6 Å². The smallest absolute Gasteiger partial charge is 0.339 e. The van der Waals surface area contributed by atoms with E-state index in [1.165, 1.54) is 6.07 Å². The molecule has 4 nitrogen and oxygen atoms in total. The van der Waals surface area contributed by atoms with Gasteiger partial charge in [0.25, 0.3) is 0 Å². The quantitative estimate of drug-likeness (QED) is 0.863. The Morgan fingerprint density at radius 1 is 1.30 bits per heavy atom. The number of halogens is 3. The van der Waals surface area contributed by atoms with Crippen LogP contribution in [0.1, 0.15) is 29.3 Å². The Morgan fingerprint density at radius 3 is 2.80 bits per heavy atom. The van der Waals surface area contributed by atoms with Crippen molar-refractivity contribution in [2.45, 2.75) is 25.4 Å². The first-order valence-corrected chi connectivity index (χ1v) is 5.83. The largest absolute Gasteiger partial charge is 0.416 e. The average Bonchev–Trinajstić information content (AvgIpc) is 2.83. The molecule has 0 fully saturated rings. The molecule has 20 heavy (non-hydrogen) atoms. The Kier molecular flexibility index (Phi) is 4.03. The molecule has 1 aromatic heterocycles. The molecular weight excluding hydrogens is 271 g/mol. The molecule has 0 saturated heterocycles. The minimum Gasteiger partial charge on any atom is -0.339 e. The summed E-state index contributed by atoms with van der Waals surface area (Å²) in [6.45, 7) is 0. The first-order valence-electron chi connectivity index (χ1n) is 5.83. The van der Waals surface area contributed by atoms with Crippen LogP contribution >= 0.6 is 0 Å². The zero-order chi connectivity index (χ0) is 14.6. The molecule has 0 atom stereocenters. The predicted molar refractivity (Wildman–Crippen MR) is 62.5 cm³/mol. The van der Waals surface area contributed by atoms with Crippen molar-refractivity contribution in [3.8, 4) is 6.07 Å². The van der Waals surface area contributed by atoms with Crippen LogP contribution in [0.5, 0.6) is 0 Å². The lowest BCUT2D eigenvalue weighted by Gasteiger charge is -2.07. The van der Waals surface area contributed by atoms with E-state index >= 15 is 0 Å². The lowest BCUT2D eigenvalue weighted by Crippen LogP contribution is -2.05. The number of aryl methyl sites for hydroxylation is 1. The fraction of sp³-hybridized carbons (Fsp3) is 0.308.